The molecule has 0 aliphatic carbocycles. The van der Waals surface area contributed by atoms with Crippen molar-refractivity contribution in [2.45, 2.75) is 24.5 Å². The Kier molecular flexibility index (Phi) is 5.48. The second-order valence-corrected chi connectivity index (χ2v) is 8.28. The van der Waals surface area contributed by atoms with Crippen LogP contribution in [0.15, 0.2) is 65.0 Å². The van der Waals surface area contributed by atoms with Gasteiger partial charge in [0.15, 0.2) is 11.5 Å². The summed E-state index contributed by atoms with van der Waals surface area (Å²) in [5, 5.41) is 11.5. The fourth-order valence-corrected chi connectivity index (χ4v) is 4.24. The quantitative estimate of drug-likeness (QED) is 0.580. The zero-order valence-corrected chi connectivity index (χ0v) is 18.6. The van der Waals surface area contributed by atoms with Crippen LogP contribution in [0.5, 0.6) is 11.5 Å². The Labute approximate surface area is 190 Å². The summed E-state index contributed by atoms with van der Waals surface area (Å²) in [7, 11) is 0. The molecule has 0 saturated heterocycles. The monoisotopic (exact) mass is 449 g/mol. The molecule has 2 aliphatic rings. The summed E-state index contributed by atoms with van der Waals surface area (Å²) >= 11 is 1.45. The fraction of sp³-hybridized carbons (Fsp3) is 0.261. The first-order valence-electron chi connectivity index (χ1n) is 10.4. The molecule has 1 aromatic heterocycles. The van der Waals surface area contributed by atoms with E-state index in [1.165, 1.54) is 11.8 Å². The Bertz CT molecular complexity index is 1190. The number of hydrogen-bond acceptors (Lipinski definition) is 7. The van der Waals surface area contributed by atoms with Gasteiger partial charge in [-0.3, -0.25) is 4.79 Å². The molecular weight excluding hydrogens is 426 g/mol. The average Bonchev–Trinajstić information content (AvgIpc) is 3.06. The highest BCUT2D eigenvalue weighted by Crippen LogP contribution is 2.40. The van der Waals surface area contributed by atoms with Crippen LogP contribution in [0.2, 0.25) is 0 Å². The van der Waals surface area contributed by atoms with Gasteiger partial charge in [-0.1, -0.05) is 36.0 Å². The SMILES string of the molecule is CSc1nc2n(n1)C(c1ccc3c(c1)OCCCO3)C(C(=O)Nc1ccccc1)=C(C)N2. The van der Waals surface area contributed by atoms with Crippen molar-refractivity contribution in [1.29, 1.82) is 0 Å². The molecule has 0 bridgehead atoms. The predicted octanol–water partition coefficient (Wildman–Crippen LogP) is 4.09. The van der Waals surface area contributed by atoms with E-state index < -0.39 is 6.04 Å². The summed E-state index contributed by atoms with van der Waals surface area (Å²) in [6, 6.07) is 14.7. The third-order valence-electron chi connectivity index (χ3n) is 5.38. The lowest BCUT2D eigenvalue weighted by atomic mass is 9.94. The number of para-hydroxylation sites is 1. The molecule has 0 fully saturated rings. The highest BCUT2D eigenvalue weighted by atomic mass is 32.2. The normalized spacial score (nSPS) is 17.2. The number of fused-ring (bicyclic) bond motifs is 2. The number of nitrogens with zero attached hydrogens (tertiary/aromatic N) is 3. The van der Waals surface area contributed by atoms with Crippen molar-refractivity contribution in [2.75, 3.05) is 30.1 Å². The number of anilines is 2. The zero-order valence-electron chi connectivity index (χ0n) is 17.8. The van der Waals surface area contributed by atoms with Crippen molar-refractivity contribution in [1.82, 2.24) is 14.8 Å². The average molecular weight is 450 g/mol. The number of benzene rings is 2. The summed E-state index contributed by atoms with van der Waals surface area (Å²) < 4.78 is 13.5. The third kappa shape index (κ3) is 3.80. The molecule has 2 aromatic carbocycles. The number of nitrogens with one attached hydrogen (secondary N) is 2. The maximum absolute atomic E-state index is 13.5. The molecule has 0 saturated carbocycles. The van der Waals surface area contributed by atoms with Gasteiger partial charge in [-0.25, -0.2) is 4.68 Å². The number of hydrogen-bond donors (Lipinski definition) is 2. The molecule has 3 aromatic rings. The van der Waals surface area contributed by atoms with Crippen LogP contribution >= 0.6 is 11.8 Å². The van der Waals surface area contributed by atoms with Crippen molar-refractivity contribution in [3.63, 3.8) is 0 Å². The fourth-order valence-electron chi connectivity index (χ4n) is 3.89. The smallest absolute Gasteiger partial charge is 0.255 e. The lowest BCUT2D eigenvalue weighted by Gasteiger charge is -2.29. The van der Waals surface area contributed by atoms with E-state index in [-0.39, 0.29) is 5.91 Å². The van der Waals surface area contributed by atoms with Gasteiger partial charge in [-0.05, 0) is 43.0 Å². The van der Waals surface area contributed by atoms with E-state index in [0.29, 0.717) is 41.4 Å². The molecule has 1 atom stereocenters. The van der Waals surface area contributed by atoms with Crippen LogP contribution in [-0.2, 0) is 4.79 Å². The predicted molar refractivity (Wildman–Crippen MR) is 123 cm³/mol. The Balaban J connectivity index is 1.59. The van der Waals surface area contributed by atoms with E-state index in [4.69, 9.17) is 9.47 Å². The number of rotatable bonds is 4. The number of amides is 1. The van der Waals surface area contributed by atoms with Gasteiger partial charge in [0.1, 0.15) is 6.04 Å². The number of allylic oxidation sites excluding steroid dienone is 1. The molecule has 164 valence electrons. The Morgan fingerprint density at radius 2 is 1.94 bits per heavy atom. The van der Waals surface area contributed by atoms with Gasteiger partial charge >= 0.3 is 0 Å². The summed E-state index contributed by atoms with van der Waals surface area (Å²) in [5.41, 5.74) is 2.88. The molecule has 32 heavy (non-hydrogen) atoms. The molecule has 1 unspecified atom stereocenters. The number of carbonyl (C=O) groups excluding carboxylic acids is 1. The number of carbonyl (C=O) groups is 1. The maximum atomic E-state index is 13.5. The van der Waals surface area contributed by atoms with Crippen LogP contribution in [0, 0.1) is 0 Å². The van der Waals surface area contributed by atoms with Crippen LogP contribution in [0.1, 0.15) is 24.9 Å². The first kappa shape index (κ1) is 20.4. The zero-order chi connectivity index (χ0) is 22.1. The lowest BCUT2D eigenvalue weighted by molar-refractivity contribution is -0.113. The van der Waals surface area contributed by atoms with Crippen molar-refractivity contribution in [3.05, 3.63) is 65.4 Å². The first-order chi connectivity index (χ1) is 15.6. The van der Waals surface area contributed by atoms with Crippen molar-refractivity contribution in [3.8, 4) is 11.5 Å². The van der Waals surface area contributed by atoms with Gasteiger partial charge in [0.05, 0.1) is 18.8 Å². The highest BCUT2D eigenvalue weighted by molar-refractivity contribution is 7.98. The van der Waals surface area contributed by atoms with E-state index in [1.807, 2.05) is 61.7 Å². The summed E-state index contributed by atoms with van der Waals surface area (Å²) in [6.45, 7) is 3.09. The molecular formula is C23H23N5O3S. The van der Waals surface area contributed by atoms with E-state index in [2.05, 4.69) is 20.7 Å². The maximum Gasteiger partial charge on any atom is 0.255 e. The lowest BCUT2D eigenvalue weighted by Crippen LogP contribution is -2.31. The third-order valence-corrected chi connectivity index (χ3v) is 5.92. The molecule has 3 heterocycles. The number of thioether (sulfide) groups is 1. The topological polar surface area (TPSA) is 90.3 Å². The minimum Gasteiger partial charge on any atom is -0.490 e. The minimum atomic E-state index is -0.472. The second-order valence-electron chi connectivity index (χ2n) is 7.51. The van der Waals surface area contributed by atoms with Gasteiger partial charge in [0.25, 0.3) is 5.91 Å². The van der Waals surface area contributed by atoms with Gasteiger partial charge in [0.2, 0.25) is 11.1 Å². The van der Waals surface area contributed by atoms with Crippen LogP contribution < -0.4 is 20.1 Å². The van der Waals surface area contributed by atoms with Crippen molar-refractivity contribution >= 4 is 29.3 Å². The van der Waals surface area contributed by atoms with E-state index in [0.717, 1.165) is 23.4 Å². The van der Waals surface area contributed by atoms with Crippen molar-refractivity contribution < 1.29 is 14.3 Å². The van der Waals surface area contributed by atoms with E-state index >= 15 is 0 Å². The van der Waals surface area contributed by atoms with Gasteiger partial charge < -0.3 is 20.1 Å². The Hall–Kier alpha value is -3.46. The van der Waals surface area contributed by atoms with E-state index in [9.17, 15) is 4.79 Å². The van der Waals surface area contributed by atoms with Crippen LogP contribution in [0.25, 0.3) is 0 Å². The molecule has 1 amide bonds. The summed E-state index contributed by atoms with van der Waals surface area (Å²) in [5.74, 6) is 1.77. The number of ether oxygens (including phenoxy) is 2. The molecule has 2 N–H and O–H groups in total. The van der Waals surface area contributed by atoms with Crippen LogP contribution in [-0.4, -0.2) is 40.1 Å². The standard InChI is InChI=1S/C23H23N5O3S/c1-14-19(21(29)25-16-7-4-3-5-8-16)20(28-22(24-14)26-23(27-28)32-2)15-9-10-17-18(13-15)31-12-6-11-30-17/h3-5,7-10,13,20H,6,11-12H2,1-2H3,(H,25,29)(H,24,26,27). The van der Waals surface area contributed by atoms with Gasteiger partial charge in [-0.15, -0.1) is 5.10 Å². The molecule has 5 rings (SSSR count). The molecule has 9 heteroatoms. The van der Waals surface area contributed by atoms with Gasteiger partial charge in [0, 0.05) is 17.8 Å². The molecule has 8 nitrogen and oxygen atoms in total. The second kappa shape index (κ2) is 8.58. The minimum absolute atomic E-state index is 0.204. The Morgan fingerprint density at radius 3 is 2.72 bits per heavy atom. The Morgan fingerprint density at radius 1 is 1.16 bits per heavy atom. The molecule has 0 spiro atoms. The van der Waals surface area contributed by atoms with Gasteiger partial charge in [-0.2, -0.15) is 4.98 Å². The highest BCUT2D eigenvalue weighted by Gasteiger charge is 2.35. The largest absolute Gasteiger partial charge is 0.490 e. The van der Waals surface area contributed by atoms with Crippen molar-refractivity contribution in [2.24, 2.45) is 0 Å². The first-order valence-corrected chi connectivity index (χ1v) is 11.6. The van der Waals surface area contributed by atoms with Crippen LogP contribution in [0.4, 0.5) is 11.6 Å². The number of aromatic nitrogens is 3. The molecule has 2 aliphatic heterocycles. The van der Waals surface area contributed by atoms with E-state index in [1.54, 1.807) is 4.68 Å². The summed E-state index contributed by atoms with van der Waals surface area (Å²) in [4.78, 5) is 18.0. The molecule has 0 radical (unpaired) electrons. The van der Waals surface area contributed by atoms with Crippen LogP contribution in [0.3, 0.4) is 0 Å². The summed E-state index contributed by atoms with van der Waals surface area (Å²) in [6.07, 6.45) is 2.75.